The van der Waals surface area contributed by atoms with Crippen LogP contribution in [0, 0.1) is 11.6 Å². The Kier molecular flexibility index (Phi) is 3.92. The Morgan fingerprint density at radius 3 is 2.50 bits per heavy atom. The molecule has 0 atom stereocenters. The summed E-state index contributed by atoms with van der Waals surface area (Å²) < 4.78 is 31.1. The number of hydrogen-bond donors (Lipinski definition) is 1. The van der Waals surface area contributed by atoms with Crippen LogP contribution >= 0.6 is 0 Å². The third-order valence-corrected chi connectivity index (χ3v) is 2.65. The van der Waals surface area contributed by atoms with Crippen LogP contribution in [0.15, 0.2) is 18.2 Å². The first-order valence-corrected chi connectivity index (χ1v) is 5.70. The Morgan fingerprint density at radius 2 is 1.95 bits per heavy atom. The Hall–Kier alpha value is -2.51. The molecule has 20 heavy (non-hydrogen) atoms. The van der Waals surface area contributed by atoms with Crippen LogP contribution in [0.5, 0.6) is 0 Å². The molecule has 2 rings (SSSR count). The molecule has 3 amide bonds. The average molecular weight is 284 g/mol. The molecular weight excluding hydrogens is 274 g/mol. The molecule has 6 nitrogen and oxygen atoms in total. The normalized spacial score (nSPS) is 14.1. The lowest BCUT2D eigenvalue weighted by molar-refractivity contribution is -0.130. The van der Waals surface area contributed by atoms with Gasteiger partial charge in [-0.25, -0.2) is 18.4 Å². The standard InChI is InChI=1S/C12H10F2N2O4/c13-7-2-1-3-8(14)10(7)11(18)20-6-9(17)16-5-4-15-12(16)19/h1-3H,4-6H2,(H,15,19). The van der Waals surface area contributed by atoms with Gasteiger partial charge in [0.2, 0.25) is 0 Å². The van der Waals surface area contributed by atoms with E-state index < -0.39 is 41.7 Å². The lowest BCUT2D eigenvalue weighted by Crippen LogP contribution is -2.37. The minimum atomic E-state index is -1.30. The van der Waals surface area contributed by atoms with E-state index in [0.29, 0.717) is 6.54 Å². The third-order valence-electron chi connectivity index (χ3n) is 2.65. The highest BCUT2D eigenvalue weighted by Gasteiger charge is 2.27. The van der Waals surface area contributed by atoms with Crippen LogP contribution in [0.2, 0.25) is 0 Å². The van der Waals surface area contributed by atoms with Gasteiger partial charge in [0, 0.05) is 13.1 Å². The maximum absolute atomic E-state index is 13.3. The summed E-state index contributed by atoms with van der Waals surface area (Å²) >= 11 is 0. The van der Waals surface area contributed by atoms with E-state index in [2.05, 4.69) is 10.1 Å². The number of hydrogen-bond acceptors (Lipinski definition) is 4. The van der Waals surface area contributed by atoms with Gasteiger partial charge in [0.15, 0.2) is 6.61 Å². The summed E-state index contributed by atoms with van der Waals surface area (Å²) in [6, 6.07) is 2.30. The van der Waals surface area contributed by atoms with Crippen LogP contribution in [0.25, 0.3) is 0 Å². The first-order chi connectivity index (χ1) is 9.50. The van der Waals surface area contributed by atoms with E-state index in [9.17, 15) is 23.2 Å². The second-order valence-electron chi connectivity index (χ2n) is 3.95. The summed E-state index contributed by atoms with van der Waals surface area (Å²) in [5.41, 5.74) is -0.869. The predicted molar refractivity (Wildman–Crippen MR) is 61.8 cm³/mol. The number of urea groups is 1. The second-order valence-corrected chi connectivity index (χ2v) is 3.95. The first-order valence-electron chi connectivity index (χ1n) is 5.70. The number of rotatable bonds is 3. The number of amides is 3. The van der Waals surface area contributed by atoms with Crippen molar-refractivity contribution in [1.82, 2.24) is 10.2 Å². The fourth-order valence-corrected chi connectivity index (χ4v) is 1.68. The van der Waals surface area contributed by atoms with Gasteiger partial charge in [0.1, 0.15) is 17.2 Å². The fraction of sp³-hybridized carbons (Fsp3) is 0.250. The number of nitrogens with zero attached hydrogens (tertiary/aromatic N) is 1. The molecule has 106 valence electrons. The Labute approximate surface area is 112 Å². The number of benzene rings is 1. The topological polar surface area (TPSA) is 75.7 Å². The summed E-state index contributed by atoms with van der Waals surface area (Å²) in [7, 11) is 0. The predicted octanol–water partition coefficient (Wildman–Crippen LogP) is 0.673. The van der Waals surface area contributed by atoms with Gasteiger partial charge in [-0.05, 0) is 12.1 Å². The van der Waals surface area contributed by atoms with Gasteiger partial charge in [-0.3, -0.25) is 9.69 Å². The summed E-state index contributed by atoms with van der Waals surface area (Å²) in [4.78, 5) is 35.1. The smallest absolute Gasteiger partial charge is 0.344 e. The molecule has 1 heterocycles. The molecule has 0 radical (unpaired) electrons. The highest BCUT2D eigenvalue weighted by molar-refractivity contribution is 5.98. The van der Waals surface area contributed by atoms with Crippen LogP contribution in [0.1, 0.15) is 10.4 Å². The van der Waals surface area contributed by atoms with Gasteiger partial charge in [-0.2, -0.15) is 0 Å². The van der Waals surface area contributed by atoms with E-state index in [-0.39, 0.29) is 6.54 Å². The van der Waals surface area contributed by atoms with Crippen LogP contribution in [0.4, 0.5) is 13.6 Å². The Bertz CT molecular complexity index is 556. The number of ether oxygens (including phenoxy) is 1. The minimum Gasteiger partial charge on any atom is -0.452 e. The quantitative estimate of drug-likeness (QED) is 0.828. The van der Waals surface area contributed by atoms with Crippen molar-refractivity contribution >= 4 is 17.9 Å². The summed E-state index contributed by atoms with van der Waals surface area (Å²) in [6.07, 6.45) is 0. The highest BCUT2D eigenvalue weighted by atomic mass is 19.1. The number of esters is 1. The molecule has 1 saturated heterocycles. The van der Waals surface area contributed by atoms with Crippen molar-refractivity contribution in [3.8, 4) is 0 Å². The van der Waals surface area contributed by atoms with Gasteiger partial charge in [-0.15, -0.1) is 0 Å². The van der Waals surface area contributed by atoms with Crippen molar-refractivity contribution in [1.29, 1.82) is 0 Å². The molecule has 1 aromatic carbocycles. The third kappa shape index (κ3) is 2.73. The zero-order valence-corrected chi connectivity index (χ0v) is 10.2. The van der Waals surface area contributed by atoms with Gasteiger partial charge in [-0.1, -0.05) is 6.07 Å². The van der Waals surface area contributed by atoms with Gasteiger partial charge < -0.3 is 10.1 Å². The molecule has 0 aromatic heterocycles. The lowest BCUT2D eigenvalue weighted by atomic mass is 10.2. The zero-order chi connectivity index (χ0) is 14.7. The molecule has 1 N–H and O–H groups in total. The molecule has 1 aliphatic heterocycles. The molecule has 0 spiro atoms. The maximum atomic E-state index is 13.3. The molecule has 0 bridgehead atoms. The summed E-state index contributed by atoms with van der Waals surface area (Å²) in [5.74, 6) is -4.22. The van der Waals surface area contributed by atoms with Crippen LogP contribution < -0.4 is 5.32 Å². The largest absolute Gasteiger partial charge is 0.452 e. The average Bonchev–Trinajstić information content (AvgIpc) is 2.82. The number of halogens is 2. The van der Waals surface area contributed by atoms with E-state index in [4.69, 9.17) is 0 Å². The van der Waals surface area contributed by atoms with Gasteiger partial charge in [0.25, 0.3) is 5.91 Å². The summed E-state index contributed by atoms with van der Waals surface area (Å²) in [5, 5.41) is 2.39. The molecule has 1 aromatic rings. The van der Waals surface area contributed by atoms with E-state index in [1.165, 1.54) is 0 Å². The van der Waals surface area contributed by atoms with Gasteiger partial charge in [0.05, 0.1) is 0 Å². The monoisotopic (exact) mass is 284 g/mol. The van der Waals surface area contributed by atoms with Crippen molar-refractivity contribution in [3.05, 3.63) is 35.4 Å². The van der Waals surface area contributed by atoms with Crippen molar-refractivity contribution in [2.24, 2.45) is 0 Å². The Balaban J connectivity index is 1.99. The minimum absolute atomic E-state index is 0.156. The SMILES string of the molecule is O=C(OCC(=O)N1CCNC1=O)c1c(F)cccc1F. The van der Waals surface area contributed by atoms with E-state index in [1.807, 2.05) is 0 Å². The Morgan fingerprint density at radius 1 is 1.30 bits per heavy atom. The van der Waals surface area contributed by atoms with Crippen molar-refractivity contribution < 1.29 is 27.9 Å². The molecule has 8 heteroatoms. The molecule has 1 aliphatic rings. The highest BCUT2D eigenvalue weighted by Crippen LogP contribution is 2.13. The molecule has 0 aliphatic carbocycles. The number of nitrogens with one attached hydrogen (secondary N) is 1. The van der Waals surface area contributed by atoms with Crippen molar-refractivity contribution in [2.75, 3.05) is 19.7 Å². The van der Waals surface area contributed by atoms with E-state index in [1.54, 1.807) is 0 Å². The van der Waals surface area contributed by atoms with Gasteiger partial charge >= 0.3 is 12.0 Å². The molecule has 1 fully saturated rings. The van der Waals surface area contributed by atoms with Crippen molar-refractivity contribution in [3.63, 3.8) is 0 Å². The zero-order valence-electron chi connectivity index (χ0n) is 10.2. The maximum Gasteiger partial charge on any atom is 0.344 e. The number of carbonyl (C=O) groups is 3. The van der Waals surface area contributed by atoms with Crippen LogP contribution in [-0.2, 0) is 9.53 Å². The molecule has 0 saturated carbocycles. The molecule has 0 unspecified atom stereocenters. The lowest BCUT2D eigenvalue weighted by Gasteiger charge is -2.12. The summed E-state index contributed by atoms with van der Waals surface area (Å²) in [6.45, 7) is -0.302. The number of imide groups is 1. The first kappa shape index (κ1) is 13.9. The van der Waals surface area contributed by atoms with E-state index >= 15 is 0 Å². The number of carbonyl (C=O) groups excluding carboxylic acids is 3. The fourth-order valence-electron chi connectivity index (χ4n) is 1.68. The van der Waals surface area contributed by atoms with E-state index in [0.717, 1.165) is 23.1 Å². The van der Waals surface area contributed by atoms with Crippen LogP contribution in [0.3, 0.4) is 0 Å². The second kappa shape index (κ2) is 5.64. The van der Waals surface area contributed by atoms with Crippen molar-refractivity contribution in [2.45, 2.75) is 0 Å². The molecular formula is C12H10F2N2O4. The van der Waals surface area contributed by atoms with Crippen LogP contribution in [-0.4, -0.2) is 42.5 Å².